The summed E-state index contributed by atoms with van der Waals surface area (Å²) in [4.78, 5) is 23.5. The van der Waals surface area contributed by atoms with Crippen LogP contribution in [0, 0.1) is 6.92 Å². The van der Waals surface area contributed by atoms with Gasteiger partial charge >= 0.3 is 5.97 Å². The number of hydrogen-bond acceptors (Lipinski definition) is 4. The molecule has 1 aromatic heterocycles. The van der Waals surface area contributed by atoms with Crippen molar-refractivity contribution in [1.29, 1.82) is 0 Å². The first-order valence-corrected chi connectivity index (χ1v) is 6.41. The summed E-state index contributed by atoms with van der Waals surface area (Å²) in [5.41, 5.74) is 1.82. The highest BCUT2D eigenvalue weighted by Gasteiger charge is 2.10. The van der Waals surface area contributed by atoms with E-state index in [1.165, 1.54) is 0 Å². The molecule has 1 heterocycles. The summed E-state index contributed by atoms with van der Waals surface area (Å²) in [6.07, 6.45) is 0. The highest BCUT2D eigenvalue weighted by Crippen LogP contribution is 2.15. The molecule has 0 amide bonds. The Morgan fingerprint density at radius 2 is 2.00 bits per heavy atom. The Bertz CT molecular complexity index is 663. The zero-order valence-electron chi connectivity index (χ0n) is 11.5. The minimum Gasteiger partial charge on any atom is -0.465 e. The van der Waals surface area contributed by atoms with E-state index in [1.54, 1.807) is 19.9 Å². The van der Waals surface area contributed by atoms with Gasteiger partial charge in [-0.15, -0.1) is 0 Å². The van der Waals surface area contributed by atoms with Crippen LogP contribution in [0.4, 0.5) is 0 Å². The van der Waals surface area contributed by atoms with Crippen molar-refractivity contribution in [2.75, 3.05) is 6.61 Å². The smallest absolute Gasteiger partial charge is 0.327 e. The van der Waals surface area contributed by atoms with Crippen LogP contribution in [0.3, 0.4) is 0 Å². The molecule has 2 rings (SSSR count). The number of esters is 1. The van der Waals surface area contributed by atoms with Crippen molar-refractivity contribution in [3.05, 3.63) is 52.3 Å². The lowest BCUT2D eigenvalue weighted by atomic mass is 10.1. The lowest BCUT2D eigenvalue weighted by Gasteiger charge is -2.08. The van der Waals surface area contributed by atoms with Crippen molar-refractivity contribution in [3.8, 4) is 11.3 Å². The van der Waals surface area contributed by atoms with E-state index in [9.17, 15) is 9.59 Å². The van der Waals surface area contributed by atoms with Crippen LogP contribution >= 0.6 is 0 Å². The number of aromatic nitrogens is 2. The van der Waals surface area contributed by atoms with Crippen LogP contribution in [-0.2, 0) is 16.1 Å². The lowest BCUT2D eigenvalue weighted by molar-refractivity contribution is -0.144. The molecule has 0 unspecified atom stereocenters. The van der Waals surface area contributed by atoms with Gasteiger partial charge in [-0.25, -0.2) is 4.68 Å². The van der Waals surface area contributed by atoms with Crippen molar-refractivity contribution in [2.45, 2.75) is 20.4 Å². The molecule has 2 aromatic rings. The van der Waals surface area contributed by atoms with Gasteiger partial charge in [0, 0.05) is 11.1 Å². The van der Waals surface area contributed by atoms with E-state index in [-0.39, 0.29) is 18.7 Å². The van der Waals surface area contributed by atoms with Crippen LogP contribution in [-0.4, -0.2) is 22.4 Å². The third-order valence-corrected chi connectivity index (χ3v) is 2.81. The Kier molecular flexibility index (Phi) is 4.30. The fourth-order valence-corrected chi connectivity index (χ4v) is 1.86. The Labute approximate surface area is 116 Å². The van der Waals surface area contributed by atoms with Gasteiger partial charge in [-0.1, -0.05) is 30.3 Å². The maximum Gasteiger partial charge on any atom is 0.327 e. The van der Waals surface area contributed by atoms with Gasteiger partial charge in [-0.2, -0.15) is 5.10 Å². The van der Waals surface area contributed by atoms with E-state index in [4.69, 9.17) is 4.74 Å². The molecule has 0 radical (unpaired) electrons. The molecule has 0 saturated carbocycles. The van der Waals surface area contributed by atoms with Crippen LogP contribution < -0.4 is 5.56 Å². The molecule has 0 spiro atoms. The Balaban J connectivity index is 2.40. The van der Waals surface area contributed by atoms with Gasteiger partial charge in [0.05, 0.1) is 12.3 Å². The molecular weight excluding hydrogens is 256 g/mol. The predicted molar refractivity (Wildman–Crippen MR) is 75.3 cm³/mol. The van der Waals surface area contributed by atoms with Crippen molar-refractivity contribution in [1.82, 2.24) is 9.78 Å². The molecule has 20 heavy (non-hydrogen) atoms. The molecule has 104 valence electrons. The topological polar surface area (TPSA) is 61.2 Å². The van der Waals surface area contributed by atoms with Crippen LogP contribution in [0.5, 0.6) is 0 Å². The average Bonchev–Trinajstić information content (AvgIpc) is 2.45. The molecule has 1 aromatic carbocycles. The molecule has 5 heteroatoms. The maximum atomic E-state index is 12.0. The SMILES string of the molecule is CCOC(=O)Cn1nc(-c2ccccc2)cc(C)c1=O. The number of rotatable bonds is 4. The summed E-state index contributed by atoms with van der Waals surface area (Å²) < 4.78 is 6.00. The molecule has 0 saturated heterocycles. The summed E-state index contributed by atoms with van der Waals surface area (Å²) in [7, 11) is 0. The highest BCUT2D eigenvalue weighted by atomic mass is 16.5. The summed E-state index contributed by atoms with van der Waals surface area (Å²) >= 11 is 0. The fraction of sp³-hybridized carbons (Fsp3) is 0.267. The molecule has 0 aliphatic heterocycles. The Hall–Kier alpha value is -2.43. The molecule has 0 bridgehead atoms. The molecule has 0 aliphatic carbocycles. The Morgan fingerprint density at radius 3 is 2.65 bits per heavy atom. The zero-order valence-corrected chi connectivity index (χ0v) is 11.5. The number of nitrogens with zero attached hydrogens (tertiary/aromatic N) is 2. The van der Waals surface area contributed by atoms with E-state index in [2.05, 4.69) is 5.10 Å². The summed E-state index contributed by atoms with van der Waals surface area (Å²) in [6, 6.07) is 11.2. The van der Waals surface area contributed by atoms with Gasteiger partial charge in [-0.05, 0) is 19.9 Å². The molecule has 0 N–H and O–H groups in total. The van der Waals surface area contributed by atoms with E-state index >= 15 is 0 Å². The molecule has 0 aliphatic rings. The van der Waals surface area contributed by atoms with Crippen molar-refractivity contribution in [3.63, 3.8) is 0 Å². The molecule has 0 fully saturated rings. The van der Waals surface area contributed by atoms with Gasteiger partial charge < -0.3 is 4.74 Å². The standard InChI is InChI=1S/C15H16N2O3/c1-3-20-14(18)10-17-15(19)11(2)9-13(16-17)12-7-5-4-6-8-12/h4-9H,3,10H2,1-2H3. The first kappa shape index (κ1) is 14.0. The maximum absolute atomic E-state index is 12.0. The van der Waals surface area contributed by atoms with Gasteiger partial charge in [0.25, 0.3) is 5.56 Å². The van der Waals surface area contributed by atoms with Crippen LogP contribution in [0.15, 0.2) is 41.2 Å². The number of ether oxygens (including phenoxy) is 1. The zero-order chi connectivity index (χ0) is 14.5. The van der Waals surface area contributed by atoms with Gasteiger partial charge in [0.15, 0.2) is 0 Å². The molecule has 5 nitrogen and oxygen atoms in total. The predicted octanol–water partition coefficient (Wildman–Crippen LogP) is 1.78. The minimum atomic E-state index is -0.466. The van der Waals surface area contributed by atoms with Crippen molar-refractivity contribution in [2.24, 2.45) is 0 Å². The van der Waals surface area contributed by atoms with Gasteiger partial charge in [0.2, 0.25) is 0 Å². The van der Waals surface area contributed by atoms with E-state index < -0.39 is 5.97 Å². The second-order valence-corrected chi connectivity index (χ2v) is 4.35. The number of hydrogen-bond donors (Lipinski definition) is 0. The molecule has 0 atom stereocenters. The summed E-state index contributed by atoms with van der Waals surface area (Å²) in [6.45, 7) is 3.54. The monoisotopic (exact) mass is 272 g/mol. The first-order valence-electron chi connectivity index (χ1n) is 6.41. The highest BCUT2D eigenvalue weighted by molar-refractivity contribution is 5.69. The lowest BCUT2D eigenvalue weighted by Crippen LogP contribution is -2.29. The Morgan fingerprint density at radius 1 is 1.30 bits per heavy atom. The number of carbonyl (C=O) groups excluding carboxylic acids is 1. The summed E-state index contributed by atoms with van der Waals surface area (Å²) in [5.74, 6) is -0.466. The number of carbonyl (C=O) groups is 1. The largest absolute Gasteiger partial charge is 0.465 e. The van der Waals surface area contributed by atoms with Gasteiger partial charge in [-0.3, -0.25) is 9.59 Å². The molecular formula is C15H16N2O3. The van der Waals surface area contributed by atoms with Gasteiger partial charge in [0.1, 0.15) is 6.54 Å². The van der Waals surface area contributed by atoms with Crippen LogP contribution in [0.25, 0.3) is 11.3 Å². The third-order valence-electron chi connectivity index (χ3n) is 2.81. The second kappa shape index (κ2) is 6.14. The van der Waals surface area contributed by atoms with Crippen LogP contribution in [0.1, 0.15) is 12.5 Å². The van der Waals surface area contributed by atoms with Crippen molar-refractivity contribution < 1.29 is 9.53 Å². The number of benzene rings is 1. The van der Waals surface area contributed by atoms with Crippen molar-refractivity contribution >= 4 is 5.97 Å². The summed E-state index contributed by atoms with van der Waals surface area (Å²) in [5, 5.41) is 4.23. The third kappa shape index (κ3) is 3.12. The fourth-order valence-electron chi connectivity index (χ4n) is 1.86. The minimum absolute atomic E-state index is 0.172. The van der Waals surface area contributed by atoms with E-state index in [0.717, 1.165) is 10.2 Å². The average molecular weight is 272 g/mol. The first-order chi connectivity index (χ1) is 9.61. The normalized spacial score (nSPS) is 10.3. The van der Waals surface area contributed by atoms with Crippen LogP contribution in [0.2, 0.25) is 0 Å². The quantitative estimate of drug-likeness (QED) is 0.796. The second-order valence-electron chi connectivity index (χ2n) is 4.35. The van der Waals surface area contributed by atoms with E-state index in [1.807, 2.05) is 30.3 Å². The number of aryl methyl sites for hydroxylation is 1. The van der Waals surface area contributed by atoms with E-state index in [0.29, 0.717) is 11.3 Å².